The summed E-state index contributed by atoms with van der Waals surface area (Å²) in [7, 11) is 0. The van der Waals surface area contributed by atoms with Crippen LogP contribution in [-0.2, 0) is 11.3 Å². The van der Waals surface area contributed by atoms with E-state index in [1.807, 2.05) is 6.07 Å². The van der Waals surface area contributed by atoms with Crippen LogP contribution in [0.5, 0.6) is 0 Å². The molecule has 0 N–H and O–H groups in total. The molecule has 1 unspecified atom stereocenters. The number of aromatic nitrogens is 2. The molecule has 2 aromatic carbocycles. The lowest BCUT2D eigenvalue weighted by molar-refractivity contribution is -0.0351. The Bertz CT molecular complexity index is 790. The van der Waals surface area contributed by atoms with Crippen LogP contribution in [0.15, 0.2) is 73.2 Å². The smallest absolute Gasteiger partial charge is 0.114 e. The molecular formula is C21H21N3O. The highest BCUT2D eigenvalue weighted by Gasteiger charge is 2.23. The van der Waals surface area contributed by atoms with Crippen molar-refractivity contribution >= 4 is 0 Å². The van der Waals surface area contributed by atoms with E-state index in [0.29, 0.717) is 0 Å². The van der Waals surface area contributed by atoms with Crippen LogP contribution >= 0.6 is 0 Å². The van der Waals surface area contributed by atoms with Gasteiger partial charge in [-0.05, 0) is 16.7 Å². The van der Waals surface area contributed by atoms with Crippen LogP contribution in [0.1, 0.15) is 17.4 Å². The molecule has 1 fully saturated rings. The molecule has 0 spiro atoms. The zero-order chi connectivity index (χ0) is 16.9. The molecule has 4 nitrogen and oxygen atoms in total. The van der Waals surface area contributed by atoms with Crippen molar-refractivity contribution in [2.24, 2.45) is 0 Å². The monoisotopic (exact) mass is 331 g/mol. The van der Waals surface area contributed by atoms with Gasteiger partial charge in [-0.1, -0.05) is 54.6 Å². The fourth-order valence-electron chi connectivity index (χ4n) is 3.19. The van der Waals surface area contributed by atoms with Gasteiger partial charge in [0.2, 0.25) is 0 Å². The Kier molecular flexibility index (Phi) is 4.81. The second-order valence-corrected chi connectivity index (χ2v) is 6.29. The van der Waals surface area contributed by atoms with Crippen molar-refractivity contribution in [3.8, 4) is 11.1 Å². The second kappa shape index (κ2) is 7.55. The zero-order valence-corrected chi connectivity index (χ0v) is 14.1. The summed E-state index contributed by atoms with van der Waals surface area (Å²) in [6.07, 6.45) is 5.22. The molecule has 1 saturated heterocycles. The largest absolute Gasteiger partial charge is 0.369 e. The van der Waals surface area contributed by atoms with E-state index in [1.165, 1.54) is 16.7 Å². The van der Waals surface area contributed by atoms with Crippen molar-refractivity contribution in [3.05, 3.63) is 84.4 Å². The fourth-order valence-corrected chi connectivity index (χ4v) is 3.19. The van der Waals surface area contributed by atoms with Gasteiger partial charge in [0.1, 0.15) is 6.10 Å². The van der Waals surface area contributed by atoms with Gasteiger partial charge in [-0.15, -0.1) is 0 Å². The van der Waals surface area contributed by atoms with Gasteiger partial charge in [0.05, 0.1) is 18.5 Å². The van der Waals surface area contributed by atoms with Gasteiger partial charge in [-0.25, -0.2) is 0 Å². The van der Waals surface area contributed by atoms with Gasteiger partial charge in [0.25, 0.3) is 0 Å². The first-order valence-corrected chi connectivity index (χ1v) is 8.63. The molecule has 126 valence electrons. The SMILES string of the molecule is c1ccc(-c2ccc(CN3CCOC(c4cnccn4)C3)cc2)cc1. The van der Waals surface area contributed by atoms with Crippen molar-refractivity contribution in [3.63, 3.8) is 0 Å². The van der Waals surface area contributed by atoms with Crippen molar-refractivity contribution in [2.75, 3.05) is 19.7 Å². The van der Waals surface area contributed by atoms with E-state index in [1.54, 1.807) is 18.6 Å². The van der Waals surface area contributed by atoms with Crippen molar-refractivity contribution in [2.45, 2.75) is 12.6 Å². The Morgan fingerprint density at radius 2 is 1.76 bits per heavy atom. The van der Waals surface area contributed by atoms with Crippen LogP contribution in [0.4, 0.5) is 0 Å². The van der Waals surface area contributed by atoms with Gasteiger partial charge in [0, 0.05) is 32.0 Å². The molecule has 3 aromatic rings. The molecule has 1 aliphatic heterocycles. The van der Waals surface area contributed by atoms with Crippen LogP contribution in [0.3, 0.4) is 0 Å². The zero-order valence-electron chi connectivity index (χ0n) is 14.1. The molecule has 25 heavy (non-hydrogen) atoms. The Hall–Kier alpha value is -2.56. The number of hydrogen-bond donors (Lipinski definition) is 0. The van der Waals surface area contributed by atoms with Crippen molar-refractivity contribution in [1.82, 2.24) is 14.9 Å². The number of rotatable bonds is 4. The Morgan fingerprint density at radius 1 is 0.960 bits per heavy atom. The average Bonchev–Trinajstić information content (AvgIpc) is 2.70. The second-order valence-electron chi connectivity index (χ2n) is 6.29. The fraction of sp³-hybridized carbons (Fsp3) is 0.238. The Balaban J connectivity index is 1.42. The van der Waals surface area contributed by atoms with Gasteiger partial charge >= 0.3 is 0 Å². The molecule has 1 atom stereocenters. The maximum Gasteiger partial charge on any atom is 0.114 e. The molecule has 4 heteroatoms. The van der Waals surface area contributed by atoms with Crippen molar-refractivity contribution < 1.29 is 4.74 Å². The minimum absolute atomic E-state index is 0.00559. The lowest BCUT2D eigenvalue weighted by atomic mass is 10.0. The summed E-state index contributed by atoms with van der Waals surface area (Å²) in [5, 5.41) is 0. The molecular weight excluding hydrogens is 310 g/mol. The highest BCUT2D eigenvalue weighted by Crippen LogP contribution is 2.23. The number of ether oxygens (including phenoxy) is 1. The first kappa shape index (κ1) is 15.9. The van der Waals surface area contributed by atoms with Gasteiger partial charge in [-0.3, -0.25) is 14.9 Å². The normalized spacial score (nSPS) is 18.2. The summed E-state index contributed by atoms with van der Waals surface area (Å²) in [6, 6.07) is 19.3. The molecule has 4 rings (SSSR count). The first-order chi connectivity index (χ1) is 12.4. The van der Waals surface area contributed by atoms with Gasteiger partial charge < -0.3 is 4.74 Å². The summed E-state index contributed by atoms with van der Waals surface area (Å²) in [4.78, 5) is 10.9. The molecule has 1 aliphatic rings. The molecule has 0 saturated carbocycles. The summed E-state index contributed by atoms with van der Waals surface area (Å²) in [5.41, 5.74) is 4.73. The summed E-state index contributed by atoms with van der Waals surface area (Å²) < 4.78 is 5.86. The predicted molar refractivity (Wildman–Crippen MR) is 97.9 cm³/mol. The predicted octanol–water partition coefficient (Wildman–Crippen LogP) is 3.72. The van der Waals surface area contributed by atoms with Crippen LogP contribution in [-0.4, -0.2) is 34.6 Å². The average molecular weight is 331 g/mol. The van der Waals surface area contributed by atoms with Crippen molar-refractivity contribution in [1.29, 1.82) is 0 Å². The number of morpholine rings is 1. The molecule has 0 radical (unpaired) electrons. The number of benzene rings is 2. The maximum atomic E-state index is 5.86. The van der Waals surface area contributed by atoms with E-state index in [4.69, 9.17) is 4.74 Å². The van der Waals surface area contributed by atoms with Crippen LogP contribution in [0, 0.1) is 0 Å². The van der Waals surface area contributed by atoms with Gasteiger partial charge in [0.15, 0.2) is 0 Å². The van der Waals surface area contributed by atoms with Crippen LogP contribution in [0.25, 0.3) is 11.1 Å². The maximum absolute atomic E-state index is 5.86. The Labute approximate surface area is 148 Å². The molecule has 2 heterocycles. The van der Waals surface area contributed by atoms with E-state index in [0.717, 1.165) is 31.9 Å². The van der Waals surface area contributed by atoms with E-state index >= 15 is 0 Å². The highest BCUT2D eigenvalue weighted by molar-refractivity contribution is 5.63. The third-order valence-electron chi connectivity index (χ3n) is 4.53. The number of nitrogens with zero attached hydrogens (tertiary/aromatic N) is 3. The van der Waals surface area contributed by atoms with E-state index in [9.17, 15) is 0 Å². The summed E-state index contributed by atoms with van der Waals surface area (Å²) >= 11 is 0. The highest BCUT2D eigenvalue weighted by atomic mass is 16.5. The molecule has 0 bridgehead atoms. The van der Waals surface area contributed by atoms with Gasteiger partial charge in [-0.2, -0.15) is 0 Å². The molecule has 0 amide bonds. The quantitative estimate of drug-likeness (QED) is 0.730. The number of hydrogen-bond acceptors (Lipinski definition) is 4. The topological polar surface area (TPSA) is 38.2 Å². The third-order valence-corrected chi connectivity index (χ3v) is 4.53. The minimum atomic E-state index is 0.00559. The lowest BCUT2D eigenvalue weighted by Crippen LogP contribution is -2.38. The third kappa shape index (κ3) is 3.92. The molecule has 1 aromatic heterocycles. The van der Waals surface area contributed by atoms with E-state index in [-0.39, 0.29) is 6.10 Å². The lowest BCUT2D eigenvalue weighted by Gasteiger charge is -2.32. The van der Waals surface area contributed by atoms with E-state index < -0.39 is 0 Å². The van der Waals surface area contributed by atoms with Crippen LogP contribution < -0.4 is 0 Å². The first-order valence-electron chi connectivity index (χ1n) is 8.63. The standard InChI is InChI=1S/C21H21N3O/c1-2-4-18(5-3-1)19-8-6-17(7-9-19)15-24-12-13-25-21(16-24)20-14-22-10-11-23-20/h1-11,14,21H,12-13,15-16H2. The summed E-state index contributed by atoms with van der Waals surface area (Å²) in [5.74, 6) is 0. The molecule has 0 aliphatic carbocycles. The Morgan fingerprint density at radius 3 is 2.52 bits per heavy atom. The van der Waals surface area contributed by atoms with Crippen LogP contribution in [0.2, 0.25) is 0 Å². The minimum Gasteiger partial charge on any atom is -0.369 e. The van der Waals surface area contributed by atoms with E-state index in [2.05, 4.69) is 63.4 Å². The summed E-state index contributed by atoms with van der Waals surface area (Å²) in [6.45, 7) is 3.44.